The fourth-order valence-electron chi connectivity index (χ4n) is 2.47. The maximum Gasteiger partial charge on any atom is 0.270 e. The molecule has 1 fully saturated rings. The highest BCUT2D eigenvalue weighted by Gasteiger charge is 2.24. The molecule has 0 spiro atoms. The number of nitrogens with zero attached hydrogens (tertiary/aromatic N) is 1. The molecule has 18 heavy (non-hydrogen) atoms. The van der Waals surface area contributed by atoms with E-state index in [1.165, 1.54) is 13.3 Å². The second-order valence-corrected chi connectivity index (χ2v) is 5.03. The fourth-order valence-corrected chi connectivity index (χ4v) is 2.47. The zero-order valence-electron chi connectivity index (χ0n) is 11.0. The number of aromatic amines is 1. The number of hydrogen-bond acceptors (Lipinski definition) is 2. The van der Waals surface area contributed by atoms with Crippen molar-refractivity contribution in [3.63, 3.8) is 0 Å². The molecule has 0 radical (unpaired) electrons. The monoisotopic (exact) mass is 248 g/mol. The third kappa shape index (κ3) is 2.63. The van der Waals surface area contributed by atoms with Crippen LogP contribution >= 0.6 is 0 Å². The zero-order valence-corrected chi connectivity index (χ0v) is 11.0. The van der Waals surface area contributed by atoms with E-state index in [1.807, 2.05) is 4.90 Å². The summed E-state index contributed by atoms with van der Waals surface area (Å²) in [6.45, 7) is 5.33. The summed E-state index contributed by atoms with van der Waals surface area (Å²) in [5.41, 5.74) is 1.10. The lowest BCUT2D eigenvalue weighted by molar-refractivity contribution is 0.0666. The van der Waals surface area contributed by atoms with Crippen LogP contribution in [0.1, 0.15) is 54.0 Å². The normalized spacial score (nSPS) is 19.9. The molecule has 1 atom stereocenters. The van der Waals surface area contributed by atoms with Gasteiger partial charge in [-0.25, -0.2) is 0 Å². The van der Waals surface area contributed by atoms with E-state index in [2.05, 4.69) is 11.9 Å². The predicted octanol–water partition coefficient (Wildman–Crippen LogP) is 2.48. The standard InChI is InChI=1S/C14H20N2O2/c1-3-11-5-4-6-16(9-11)14(18)13-7-12(8-15-13)10(2)17/h7-8,11,15H,3-6,9H2,1-2H3. The van der Waals surface area contributed by atoms with E-state index in [0.717, 1.165) is 25.9 Å². The van der Waals surface area contributed by atoms with Gasteiger partial charge in [0.05, 0.1) is 0 Å². The van der Waals surface area contributed by atoms with Gasteiger partial charge in [-0.05, 0) is 31.7 Å². The predicted molar refractivity (Wildman–Crippen MR) is 69.7 cm³/mol. The van der Waals surface area contributed by atoms with E-state index in [4.69, 9.17) is 0 Å². The summed E-state index contributed by atoms with van der Waals surface area (Å²) in [6.07, 6.45) is 5.01. The van der Waals surface area contributed by atoms with Crippen LogP contribution in [0.15, 0.2) is 12.3 Å². The van der Waals surface area contributed by atoms with Gasteiger partial charge in [0, 0.05) is 24.8 Å². The first kappa shape index (κ1) is 12.9. The maximum atomic E-state index is 12.3. The average Bonchev–Trinajstić information content (AvgIpc) is 2.87. The molecule has 1 aromatic heterocycles. The Morgan fingerprint density at radius 2 is 2.28 bits per heavy atom. The van der Waals surface area contributed by atoms with Crippen LogP contribution in [0.3, 0.4) is 0 Å². The van der Waals surface area contributed by atoms with Crippen molar-refractivity contribution in [2.45, 2.75) is 33.1 Å². The average molecular weight is 248 g/mol. The highest BCUT2D eigenvalue weighted by atomic mass is 16.2. The van der Waals surface area contributed by atoms with Crippen LogP contribution in [-0.2, 0) is 0 Å². The van der Waals surface area contributed by atoms with Crippen molar-refractivity contribution < 1.29 is 9.59 Å². The van der Waals surface area contributed by atoms with E-state index in [-0.39, 0.29) is 11.7 Å². The maximum absolute atomic E-state index is 12.3. The Balaban J connectivity index is 2.07. The molecular formula is C14H20N2O2. The molecule has 98 valence electrons. The number of carbonyl (C=O) groups excluding carboxylic acids is 2. The molecular weight excluding hydrogens is 228 g/mol. The molecule has 1 amide bonds. The van der Waals surface area contributed by atoms with Gasteiger partial charge in [-0.1, -0.05) is 13.3 Å². The first-order valence-electron chi connectivity index (χ1n) is 6.60. The number of aromatic nitrogens is 1. The van der Waals surface area contributed by atoms with E-state index < -0.39 is 0 Å². The molecule has 1 N–H and O–H groups in total. The van der Waals surface area contributed by atoms with Crippen LogP contribution in [0.2, 0.25) is 0 Å². The first-order valence-corrected chi connectivity index (χ1v) is 6.60. The van der Waals surface area contributed by atoms with Gasteiger partial charge in [-0.15, -0.1) is 0 Å². The summed E-state index contributed by atoms with van der Waals surface area (Å²) in [5.74, 6) is 0.612. The molecule has 0 bridgehead atoms. The number of nitrogens with one attached hydrogen (secondary N) is 1. The van der Waals surface area contributed by atoms with Crippen molar-refractivity contribution in [3.05, 3.63) is 23.5 Å². The molecule has 4 heteroatoms. The molecule has 4 nitrogen and oxygen atoms in total. The van der Waals surface area contributed by atoms with Crippen LogP contribution < -0.4 is 0 Å². The van der Waals surface area contributed by atoms with Gasteiger partial charge >= 0.3 is 0 Å². The van der Waals surface area contributed by atoms with Gasteiger partial charge in [0.1, 0.15) is 5.69 Å². The number of H-pyrrole nitrogens is 1. The van der Waals surface area contributed by atoms with E-state index in [1.54, 1.807) is 12.3 Å². The van der Waals surface area contributed by atoms with Crippen molar-refractivity contribution in [1.29, 1.82) is 0 Å². The van der Waals surface area contributed by atoms with Crippen molar-refractivity contribution in [2.75, 3.05) is 13.1 Å². The van der Waals surface area contributed by atoms with Crippen molar-refractivity contribution in [2.24, 2.45) is 5.92 Å². The number of likely N-dealkylation sites (tertiary alicyclic amines) is 1. The number of carbonyl (C=O) groups is 2. The van der Waals surface area contributed by atoms with Crippen molar-refractivity contribution >= 4 is 11.7 Å². The highest BCUT2D eigenvalue weighted by Crippen LogP contribution is 2.20. The third-order valence-electron chi connectivity index (χ3n) is 3.70. The summed E-state index contributed by atoms with van der Waals surface area (Å²) in [5, 5.41) is 0. The highest BCUT2D eigenvalue weighted by molar-refractivity contribution is 5.99. The lowest BCUT2D eigenvalue weighted by Crippen LogP contribution is -2.39. The Kier molecular flexibility index (Phi) is 3.84. The van der Waals surface area contributed by atoms with Gasteiger partial charge in [0.2, 0.25) is 0 Å². The number of piperidine rings is 1. The smallest absolute Gasteiger partial charge is 0.270 e. The molecule has 0 aliphatic carbocycles. The molecule has 1 aliphatic heterocycles. The quantitative estimate of drug-likeness (QED) is 0.835. The molecule has 2 rings (SSSR count). The summed E-state index contributed by atoms with van der Waals surface area (Å²) in [4.78, 5) is 28.3. The largest absolute Gasteiger partial charge is 0.356 e. The molecule has 1 saturated heterocycles. The lowest BCUT2D eigenvalue weighted by Gasteiger charge is -2.32. The summed E-state index contributed by atoms with van der Waals surface area (Å²) < 4.78 is 0. The van der Waals surface area contributed by atoms with Crippen LogP contribution in [0.25, 0.3) is 0 Å². The Morgan fingerprint density at radius 1 is 1.50 bits per heavy atom. The lowest BCUT2D eigenvalue weighted by atomic mass is 9.95. The third-order valence-corrected chi connectivity index (χ3v) is 3.70. The topological polar surface area (TPSA) is 53.2 Å². The number of hydrogen-bond donors (Lipinski definition) is 1. The van der Waals surface area contributed by atoms with Gasteiger partial charge in [0.25, 0.3) is 5.91 Å². The van der Waals surface area contributed by atoms with Crippen LogP contribution in [0.5, 0.6) is 0 Å². The molecule has 0 aromatic carbocycles. The van der Waals surface area contributed by atoms with Gasteiger partial charge < -0.3 is 9.88 Å². The van der Waals surface area contributed by atoms with Crippen LogP contribution in [0, 0.1) is 5.92 Å². The van der Waals surface area contributed by atoms with E-state index in [9.17, 15) is 9.59 Å². The summed E-state index contributed by atoms with van der Waals surface area (Å²) in [7, 11) is 0. The Bertz CT molecular complexity index is 450. The second-order valence-electron chi connectivity index (χ2n) is 5.03. The SMILES string of the molecule is CCC1CCCN(C(=O)c2cc(C(C)=O)c[nH]2)C1. The van der Waals surface area contributed by atoms with Crippen LogP contribution in [0.4, 0.5) is 0 Å². The molecule has 1 aromatic rings. The van der Waals surface area contributed by atoms with Gasteiger partial charge in [-0.3, -0.25) is 9.59 Å². The van der Waals surface area contributed by atoms with Gasteiger partial charge in [-0.2, -0.15) is 0 Å². The van der Waals surface area contributed by atoms with Crippen molar-refractivity contribution in [1.82, 2.24) is 9.88 Å². The molecule has 0 saturated carbocycles. The second kappa shape index (κ2) is 5.38. The van der Waals surface area contributed by atoms with Gasteiger partial charge in [0.15, 0.2) is 5.78 Å². The minimum Gasteiger partial charge on any atom is -0.356 e. The number of rotatable bonds is 3. The van der Waals surface area contributed by atoms with Crippen molar-refractivity contribution in [3.8, 4) is 0 Å². The minimum absolute atomic E-state index is 0.0145. The Labute approximate surface area is 107 Å². The Hall–Kier alpha value is -1.58. The fraction of sp³-hybridized carbons (Fsp3) is 0.571. The zero-order chi connectivity index (χ0) is 13.1. The first-order chi connectivity index (χ1) is 8.61. The number of Topliss-reactive ketones (excluding diaryl/α,β-unsaturated/α-hetero) is 1. The molecule has 1 aliphatic rings. The number of ketones is 1. The summed E-state index contributed by atoms with van der Waals surface area (Å²) >= 11 is 0. The molecule has 1 unspecified atom stereocenters. The van der Waals surface area contributed by atoms with E-state index >= 15 is 0 Å². The number of amides is 1. The summed E-state index contributed by atoms with van der Waals surface area (Å²) in [6, 6.07) is 1.65. The molecule has 2 heterocycles. The van der Waals surface area contributed by atoms with E-state index in [0.29, 0.717) is 17.2 Å². The van der Waals surface area contributed by atoms with Crippen LogP contribution in [-0.4, -0.2) is 34.7 Å². The Morgan fingerprint density at radius 3 is 2.89 bits per heavy atom. The minimum atomic E-state index is -0.0182.